The van der Waals surface area contributed by atoms with Crippen LogP contribution in [0.1, 0.15) is 10.6 Å². The van der Waals surface area contributed by atoms with Gasteiger partial charge in [-0.2, -0.15) is 0 Å². The molecule has 0 bridgehead atoms. The topological polar surface area (TPSA) is 64.4 Å². The standard InChI is InChI=1S/C10H17BrN2O3Si.Li.H/c1-17(2,3)5-4-16-7-13-6-8(11)12-9(13)10(14)15;;/h6H,4-5,7H2,1-3H3,(H,14,15);;. The van der Waals surface area contributed by atoms with Gasteiger partial charge in [0.25, 0.3) is 0 Å². The number of carboxylic acids is 1. The van der Waals surface area contributed by atoms with Crippen molar-refractivity contribution in [2.75, 3.05) is 6.61 Å². The first-order valence-electron chi connectivity index (χ1n) is 5.33. The zero-order chi connectivity index (χ0) is 13.1. The second kappa shape index (κ2) is 7.51. The van der Waals surface area contributed by atoms with E-state index in [-0.39, 0.29) is 31.4 Å². The Kier molecular flexibility index (Phi) is 7.48. The first kappa shape index (κ1) is 17.9. The van der Waals surface area contributed by atoms with Gasteiger partial charge >= 0.3 is 24.8 Å². The Hall–Kier alpha value is -0.0657. The number of carbonyl (C=O) groups is 1. The monoisotopic (exact) mass is 328 g/mol. The van der Waals surface area contributed by atoms with Crippen LogP contribution in [0, 0.1) is 0 Å². The molecule has 1 rings (SSSR count). The van der Waals surface area contributed by atoms with Gasteiger partial charge < -0.3 is 14.4 Å². The molecule has 0 saturated carbocycles. The summed E-state index contributed by atoms with van der Waals surface area (Å²) in [4.78, 5) is 14.7. The van der Waals surface area contributed by atoms with E-state index in [0.717, 1.165) is 6.04 Å². The first-order chi connectivity index (χ1) is 7.79. The molecule has 0 unspecified atom stereocenters. The molecular formula is C10H18BrLiN2O3Si. The van der Waals surface area contributed by atoms with E-state index in [4.69, 9.17) is 9.84 Å². The molecule has 0 amide bonds. The van der Waals surface area contributed by atoms with Crippen molar-refractivity contribution in [3.05, 3.63) is 16.6 Å². The van der Waals surface area contributed by atoms with Crippen molar-refractivity contribution < 1.29 is 14.6 Å². The molecule has 1 heterocycles. The van der Waals surface area contributed by atoms with Crippen molar-refractivity contribution in [1.82, 2.24) is 9.55 Å². The average molecular weight is 329 g/mol. The summed E-state index contributed by atoms with van der Waals surface area (Å²) >= 11 is 3.15. The molecule has 0 radical (unpaired) electrons. The minimum absolute atomic E-state index is 0. The zero-order valence-corrected chi connectivity index (χ0v) is 12.8. The van der Waals surface area contributed by atoms with Crippen LogP contribution in [0.2, 0.25) is 25.7 Å². The van der Waals surface area contributed by atoms with Gasteiger partial charge in [-0.1, -0.05) is 19.6 Å². The Labute approximate surface area is 128 Å². The molecule has 0 saturated heterocycles. The SMILES string of the molecule is C[Si](C)(C)CCOCn1cc(Br)nc1C(=O)O.[LiH]. The molecule has 0 aliphatic rings. The van der Waals surface area contributed by atoms with E-state index in [1.807, 2.05) is 0 Å². The van der Waals surface area contributed by atoms with Crippen LogP contribution < -0.4 is 0 Å². The van der Waals surface area contributed by atoms with Crippen molar-refractivity contribution >= 4 is 48.8 Å². The summed E-state index contributed by atoms with van der Waals surface area (Å²) in [6.45, 7) is 7.70. The van der Waals surface area contributed by atoms with E-state index < -0.39 is 14.0 Å². The minimum atomic E-state index is -1.10. The van der Waals surface area contributed by atoms with Gasteiger partial charge in [-0.05, 0) is 22.0 Å². The van der Waals surface area contributed by atoms with Gasteiger partial charge in [0.05, 0.1) is 0 Å². The quantitative estimate of drug-likeness (QED) is 0.640. The van der Waals surface area contributed by atoms with E-state index in [0.29, 0.717) is 11.2 Å². The third-order valence-corrected chi connectivity index (χ3v) is 4.25. The summed E-state index contributed by atoms with van der Waals surface area (Å²) in [6, 6.07) is 1.06. The molecular weight excluding hydrogens is 311 g/mol. The summed E-state index contributed by atoms with van der Waals surface area (Å²) in [5, 5.41) is 8.91. The number of imidazole rings is 1. The van der Waals surface area contributed by atoms with Crippen LogP contribution in [0.5, 0.6) is 0 Å². The number of halogens is 1. The maximum atomic E-state index is 10.9. The number of carboxylic acid groups (broad SMARTS) is 1. The van der Waals surface area contributed by atoms with E-state index in [9.17, 15) is 4.79 Å². The van der Waals surface area contributed by atoms with Crippen molar-refractivity contribution in [2.24, 2.45) is 0 Å². The molecule has 0 aliphatic carbocycles. The molecule has 8 heteroatoms. The van der Waals surface area contributed by atoms with E-state index in [1.165, 1.54) is 4.57 Å². The molecule has 0 aliphatic heterocycles. The van der Waals surface area contributed by atoms with E-state index >= 15 is 0 Å². The molecule has 0 aromatic carbocycles. The number of hydrogen-bond donors (Lipinski definition) is 1. The second-order valence-corrected chi connectivity index (χ2v) is 11.4. The Morgan fingerprint density at radius 2 is 2.17 bits per heavy atom. The van der Waals surface area contributed by atoms with Gasteiger partial charge in [-0.15, -0.1) is 0 Å². The number of hydrogen-bond acceptors (Lipinski definition) is 3. The predicted octanol–water partition coefficient (Wildman–Crippen LogP) is 2.01. The van der Waals surface area contributed by atoms with Crippen LogP contribution in [0.3, 0.4) is 0 Å². The molecule has 98 valence electrons. The summed E-state index contributed by atoms with van der Waals surface area (Å²) in [6.07, 6.45) is 1.61. The van der Waals surface area contributed by atoms with Gasteiger partial charge in [0.15, 0.2) is 0 Å². The van der Waals surface area contributed by atoms with Crippen LogP contribution in [0.15, 0.2) is 10.8 Å². The number of ether oxygens (including phenoxy) is 1. The number of aromatic nitrogens is 2. The average Bonchev–Trinajstić information content (AvgIpc) is 2.53. The number of nitrogens with zero attached hydrogens (tertiary/aromatic N) is 2. The Bertz CT molecular complexity index is 406. The van der Waals surface area contributed by atoms with Crippen molar-refractivity contribution in [3.8, 4) is 0 Å². The summed E-state index contributed by atoms with van der Waals surface area (Å²) < 4.78 is 7.46. The first-order valence-corrected chi connectivity index (χ1v) is 9.83. The van der Waals surface area contributed by atoms with Crippen LogP contribution in [-0.4, -0.2) is 54.2 Å². The molecule has 0 fully saturated rings. The molecule has 1 N–H and O–H groups in total. The third-order valence-electron chi connectivity index (χ3n) is 2.17. The molecule has 1 aromatic heterocycles. The predicted molar refractivity (Wildman–Crippen MR) is 78.1 cm³/mol. The van der Waals surface area contributed by atoms with E-state index in [2.05, 4.69) is 40.6 Å². The third kappa shape index (κ3) is 6.20. The van der Waals surface area contributed by atoms with Crippen LogP contribution >= 0.6 is 15.9 Å². The summed E-state index contributed by atoms with van der Waals surface area (Å²) in [5.41, 5.74) is 0. The van der Waals surface area contributed by atoms with Gasteiger partial charge in [0.2, 0.25) is 5.82 Å². The molecule has 5 nitrogen and oxygen atoms in total. The zero-order valence-electron chi connectivity index (χ0n) is 10.2. The summed E-state index contributed by atoms with van der Waals surface area (Å²) in [7, 11) is -1.10. The van der Waals surface area contributed by atoms with Gasteiger partial charge in [0, 0.05) is 20.9 Å². The second-order valence-electron chi connectivity index (χ2n) is 5.01. The fraction of sp³-hybridized carbons (Fsp3) is 0.600. The fourth-order valence-electron chi connectivity index (χ4n) is 1.19. The van der Waals surface area contributed by atoms with Crippen molar-refractivity contribution in [1.29, 1.82) is 0 Å². The summed E-state index contributed by atoms with van der Waals surface area (Å²) in [5.74, 6) is -1.06. The Morgan fingerprint density at radius 1 is 1.56 bits per heavy atom. The Balaban J connectivity index is 0.00000289. The van der Waals surface area contributed by atoms with Gasteiger partial charge in [-0.25, -0.2) is 9.78 Å². The van der Waals surface area contributed by atoms with Crippen LogP contribution in [-0.2, 0) is 11.5 Å². The normalized spacial score (nSPS) is 11.1. The molecule has 0 atom stereocenters. The number of aromatic carboxylic acids is 1. The van der Waals surface area contributed by atoms with Gasteiger partial charge in [0.1, 0.15) is 11.3 Å². The number of rotatable bonds is 6. The Morgan fingerprint density at radius 3 is 2.67 bits per heavy atom. The molecule has 1 aromatic rings. The maximum absolute atomic E-state index is 10.9. The van der Waals surface area contributed by atoms with Crippen molar-refractivity contribution in [2.45, 2.75) is 32.4 Å². The van der Waals surface area contributed by atoms with E-state index in [1.54, 1.807) is 6.20 Å². The molecule has 0 spiro atoms. The van der Waals surface area contributed by atoms with Crippen LogP contribution in [0.25, 0.3) is 0 Å². The fourth-order valence-corrected chi connectivity index (χ4v) is 2.37. The van der Waals surface area contributed by atoms with Crippen LogP contribution in [0.4, 0.5) is 0 Å². The molecule has 18 heavy (non-hydrogen) atoms. The van der Waals surface area contributed by atoms with Crippen molar-refractivity contribution in [3.63, 3.8) is 0 Å². The van der Waals surface area contributed by atoms with Gasteiger partial charge in [-0.3, -0.25) is 0 Å².